The van der Waals surface area contributed by atoms with Crippen LogP contribution in [0, 0.1) is 5.82 Å². The van der Waals surface area contributed by atoms with Gasteiger partial charge in [0.05, 0.1) is 24.8 Å². The number of halogens is 1. The molecule has 3 saturated heterocycles. The van der Waals surface area contributed by atoms with Gasteiger partial charge in [0.15, 0.2) is 0 Å². The predicted octanol–water partition coefficient (Wildman–Crippen LogP) is 0.840. The smallest absolute Gasteiger partial charge is 0.320 e. The summed E-state index contributed by atoms with van der Waals surface area (Å²) in [7, 11) is 1.66. The van der Waals surface area contributed by atoms with Gasteiger partial charge in [0, 0.05) is 46.4 Å². The highest BCUT2D eigenvalue weighted by Crippen LogP contribution is 2.24. The first-order valence-corrected chi connectivity index (χ1v) is 10.5. The number of nitrogens with zero attached hydrogens (tertiary/aromatic N) is 3. The van der Waals surface area contributed by atoms with Gasteiger partial charge in [-0.2, -0.15) is 0 Å². The Kier molecular flexibility index (Phi) is 6.50. The summed E-state index contributed by atoms with van der Waals surface area (Å²) in [5.41, 5.74) is 1.01. The number of morpholine rings is 1. The van der Waals surface area contributed by atoms with E-state index >= 15 is 0 Å². The van der Waals surface area contributed by atoms with Crippen molar-refractivity contribution in [2.24, 2.45) is 0 Å². The van der Waals surface area contributed by atoms with Crippen LogP contribution in [0.1, 0.15) is 18.0 Å². The van der Waals surface area contributed by atoms with Crippen LogP contribution in [0.15, 0.2) is 24.3 Å². The minimum atomic E-state index is -0.256. The van der Waals surface area contributed by atoms with Crippen molar-refractivity contribution in [1.82, 2.24) is 20.0 Å². The first-order valence-electron chi connectivity index (χ1n) is 10.5. The second-order valence-electron chi connectivity index (χ2n) is 8.09. The van der Waals surface area contributed by atoms with Gasteiger partial charge in [-0.15, -0.1) is 0 Å². The Balaban J connectivity index is 1.33. The van der Waals surface area contributed by atoms with Crippen LogP contribution in [0.4, 0.5) is 9.18 Å². The third kappa shape index (κ3) is 4.58. The number of ether oxygens (including phenoxy) is 2. The summed E-state index contributed by atoms with van der Waals surface area (Å²) < 4.78 is 24.3. The SMILES string of the molecule is COCC(c1ccc(F)cc1)N1CCN(C(=O)N2CC[C@@H]3OCC(=O)N[C@@H]3C2)CC1. The van der Waals surface area contributed by atoms with E-state index in [1.807, 2.05) is 9.80 Å². The highest BCUT2D eigenvalue weighted by molar-refractivity contribution is 5.79. The molecule has 9 heteroatoms. The van der Waals surface area contributed by atoms with Crippen LogP contribution in [0.25, 0.3) is 0 Å². The molecule has 4 rings (SSSR count). The minimum absolute atomic E-state index is 0.00546. The van der Waals surface area contributed by atoms with Crippen LogP contribution in [0.2, 0.25) is 0 Å². The standard InChI is InChI=1S/C21H29FN4O4/c1-29-13-18(15-2-4-16(22)5-3-15)24-8-10-25(11-9-24)21(28)26-7-6-19-17(12-26)23-20(27)14-30-19/h2-5,17-19H,6-14H2,1H3,(H,23,27)/t17-,18?,19+/m1/s1. The first kappa shape index (κ1) is 21.0. The Morgan fingerprint density at radius 3 is 2.63 bits per heavy atom. The Labute approximate surface area is 175 Å². The van der Waals surface area contributed by atoms with Crippen molar-refractivity contribution < 1.29 is 23.5 Å². The number of carbonyl (C=O) groups is 2. The van der Waals surface area contributed by atoms with E-state index in [0.29, 0.717) is 32.8 Å². The van der Waals surface area contributed by atoms with E-state index in [0.717, 1.165) is 25.1 Å². The lowest BCUT2D eigenvalue weighted by Crippen LogP contribution is -2.63. The Morgan fingerprint density at radius 2 is 1.93 bits per heavy atom. The molecule has 0 spiro atoms. The molecule has 3 fully saturated rings. The van der Waals surface area contributed by atoms with E-state index in [9.17, 15) is 14.0 Å². The lowest BCUT2D eigenvalue weighted by molar-refractivity contribution is -0.139. The van der Waals surface area contributed by atoms with Gasteiger partial charge in [0.1, 0.15) is 12.4 Å². The summed E-state index contributed by atoms with van der Waals surface area (Å²) in [6, 6.07) is 6.43. The number of hydrogen-bond donors (Lipinski definition) is 1. The molecule has 0 radical (unpaired) electrons. The maximum Gasteiger partial charge on any atom is 0.320 e. The topological polar surface area (TPSA) is 74.3 Å². The van der Waals surface area contributed by atoms with Gasteiger partial charge in [-0.05, 0) is 24.1 Å². The number of methoxy groups -OCH3 is 1. The number of piperidine rings is 1. The van der Waals surface area contributed by atoms with E-state index in [1.54, 1.807) is 19.2 Å². The van der Waals surface area contributed by atoms with Crippen LogP contribution in [0.3, 0.4) is 0 Å². The van der Waals surface area contributed by atoms with E-state index < -0.39 is 0 Å². The monoisotopic (exact) mass is 420 g/mol. The molecule has 3 aliphatic rings. The van der Waals surface area contributed by atoms with Crippen molar-refractivity contribution in [2.75, 3.05) is 59.6 Å². The van der Waals surface area contributed by atoms with E-state index in [4.69, 9.17) is 9.47 Å². The quantitative estimate of drug-likeness (QED) is 0.782. The summed E-state index contributed by atoms with van der Waals surface area (Å²) in [6.07, 6.45) is 0.728. The molecule has 1 aromatic carbocycles. The van der Waals surface area contributed by atoms with E-state index in [1.165, 1.54) is 12.1 Å². The van der Waals surface area contributed by atoms with E-state index in [2.05, 4.69) is 10.2 Å². The molecule has 164 valence electrons. The van der Waals surface area contributed by atoms with Crippen LogP contribution in [0.5, 0.6) is 0 Å². The molecule has 3 atom stereocenters. The molecule has 0 aliphatic carbocycles. The number of fused-ring (bicyclic) bond motifs is 1. The van der Waals surface area contributed by atoms with Crippen molar-refractivity contribution in [2.45, 2.75) is 24.6 Å². The zero-order valence-electron chi connectivity index (χ0n) is 17.3. The Morgan fingerprint density at radius 1 is 1.20 bits per heavy atom. The molecule has 1 unspecified atom stereocenters. The highest BCUT2D eigenvalue weighted by atomic mass is 19.1. The number of benzene rings is 1. The number of urea groups is 1. The molecule has 0 saturated carbocycles. The summed E-state index contributed by atoms with van der Waals surface area (Å²) in [4.78, 5) is 30.6. The third-order valence-corrected chi connectivity index (χ3v) is 6.20. The molecule has 3 aliphatic heterocycles. The zero-order valence-corrected chi connectivity index (χ0v) is 17.3. The van der Waals surface area contributed by atoms with Gasteiger partial charge in [0.25, 0.3) is 0 Å². The van der Waals surface area contributed by atoms with Crippen LogP contribution >= 0.6 is 0 Å². The number of nitrogens with one attached hydrogen (secondary N) is 1. The fourth-order valence-electron chi connectivity index (χ4n) is 4.55. The molecular weight excluding hydrogens is 391 g/mol. The number of likely N-dealkylation sites (tertiary alicyclic amines) is 1. The fourth-order valence-corrected chi connectivity index (χ4v) is 4.55. The number of piperazine rings is 1. The first-order chi connectivity index (χ1) is 14.5. The summed E-state index contributed by atoms with van der Waals surface area (Å²) in [5, 5.41) is 2.94. The molecule has 1 aromatic rings. The highest BCUT2D eigenvalue weighted by Gasteiger charge is 2.38. The van der Waals surface area contributed by atoms with Gasteiger partial charge in [0.2, 0.25) is 5.91 Å². The second kappa shape index (κ2) is 9.28. The zero-order chi connectivity index (χ0) is 21.1. The second-order valence-corrected chi connectivity index (χ2v) is 8.09. The number of amides is 3. The van der Waals surface area contributed by atoms with Crippen molar-refractivity contribution in [3.63, 3.8) is 0 Å². The molecular formula is C21H29FN4O4. The van der Waals surface area contributed by atoms with Crippen molar-refractivity contribution >= 4 is 11.9 Å². The Bertz CT molecular complexity index is 754. The maximum atomic E-state index is 13.3. The normalized spacial score (nSPS) is 26.1. The molecule has 3 heterocycles. The number of carbonyl (C=O) groups excluding carboxylic acids is 2. The maximum absolute atomic E-state index is 13.3. The van der Waals surface area contributed by atoms with Gasteiger partial charge in [-0.3, -0.25) is 9.69 Å². The van der Waals surface area contributed by atoms with Gasteiger partial charge in [-0.25, -0.2) is 9.18 Å². The van der Waals surface area contributed by atoms with Gasteiger partial charge < -0.3 is 24.6 Å². The fraction of sp³-hybridized carbons (Fsp3) is 0.619. The predicted molar refractivity (Wildman–Crippen MR) is 107 cm³/mol. The lowest BCUT2D eigenvalue weighted by atomic mass is 10.0. The molecule has 8 nitrogen and oxygen atoms in total. The average Bonchev–Trinajstić information content (AvgIpc) is 2.77. The molecule has 1 N–H and O–H groups in total. The Hall–Kier alpha value is -2.23. The third-order valence-electron chi connectivity index (χ3n) is 6.20. The molecule has 0 bridgehead atoms. The van der Waals surface area contributed by atoms with Gasteiger partial charge in [-0.1, -0.05) is 12.1 Å². The van der Waals surface area contributed by atoms with Crippen LogP contribution in [-0.4, -0.2) is 98.4 Å². The molecule has 0 aromatic heterocycles. The largest absolute Gasteiger partial charge is 0.383 e. The van der Waals surface area contributed by atoms with Crippen LogP contribution < -0.4 is 5.32 Å². The summed E-state index contributed by atoms with van der Waals surface area (Å²) >= 11 is 0. The average molecular weight is 420 g/mol. The molecule has 3 amide bonds. The van der Waals surface area contributed by atoms with Crippen molar-refractivity contribution in [3.05, 3.63) is 35.6 Å². The van der Waals surface area contributed by atoms with Crippen molar-refractivity contribution in [1.29, 1.82) is 0 Å². The minimum Gasteiger partial charge on any atom is -0.383 e. The molecule has 30 heavy (non-hydrogen) atoms. The number of rotatable bonds is 4. The van der Waals surface area contributed by atoms with Crippen molar-refractivity contribution in [3.8, 4) is 0 Å². The van der Waals surface area contributed by atoms with E-state index in [-0.39, 0.29) is 42.6 Å². The summed E-state index contributed by atoms with van der Waals surface area (Å²) in [6.45, 7) is 4.41. The van der Waals surface area contributed by atoms with Gasteiger partial charge >= 0.3 is 6.03 Å². The van der Waals surface area contributed by atoms with Crippen LogP contribution in [-0.2, 0) is 14.3 Å². The summed E-state index contributed by atoms with van der Waals surface area (Å²) in [5.74, 6) is -0.377. The lowest BCUT2D eigenvalue weighted by Gasteiger charge is -2.44. The number of hydrogen-bond acceptors (Lipinski definition) is 5.